The van der Waals surface area contributed by atoms with Gasteiger partial charge in [-0.2, -0.15) is 15.0 Å². The molecule has 2 heterocycles. The first-order chi connectivity index (χ1) is 14.2. The van der Waals surface area contributed by atoms with E-state index in [0.29, 0.717) is 50.2 Å². The maximum absolute atomic E-state index is 12.4. The van der Waals surface area contributed by atoms with Gasteiger partial charge in [-0.1, -0.05) is 13.3 Å². The highest BCUT2D eigenvalue weighted by Gasteiger charge is 2.17. The Bertz CT molecular complexity index is 794. The Morgan fingerprint density at radius 3 is 2.62 bits per heavy atom. The SMILES string of the molecule is CCCCOc1ccc(C(=O)NCc2nc(OC)nc(N3CCOCC3)n2)cc1. The van der Waals surface area contributed by atoms with E-state index < -0.39 is 0 Å². The van der Waals surface area contributed by atoms with Crippen LogP contribution in [0.4, 0.5) is 5.95 Å². The summed E-state index contributed by atoms with van der Waals surface area (Å²) in [4.78, 5) is 27.5. The Hall–Kier alpha value is -2.94. The van der Waals surface area contributed by atoms with E-state index in [-0.39, 0.29) is 18.5 Å². The number of ether oxygens (including phenoxy) is 3. The molecule has 1 aliphatic rings. The number of morpholine rings is 1. The first-order valence-electron chi connectivity index (χ1n) is 9.82. The van der Waals surface area contributed by atoms with E-state index >= 15 is 0 Å². The van der Waals surface area contributed by atoms with E-state index in [2.05, 4.69) is 27.2 Å². The first kappa shape index (κ1) is 20.8. The van der Waals surface area contributed by atoms with Gasteiger partial charge in [-0.25, -0.2) is 0 Å². The molecule has 1 aromatic carbocycles. The normalized spacial score (nSPS) is 13.8. The van der Waals surface area contributed by atoms with Crippen molar-refractivity contribution in [2.24, 2.45) is 0 Å². The lowest BCUT2D eigenvalue weighted by atomic mass is 10.2. The van der Waals surface area contributed by atoms with E-state index in [1.54, 1.807) is 24.3 Å². The van der Waals surface area contributed by atoms with Gasteiger partial charge in [0.25, 0.3) is 5.91 Å². The fourth-order valence-electron chi connectivity index (χ4n) is 2.76. The highest BCUT2D eigenvalue weighted by atomic mass is 16.5. The summed E-state index contributed by atoms with van der Waals surface area (Å²) < 4.78 is 16.2. The quantitative estimate of drug-likeness (QED) is 0.636. The number of anilines is 1. The Morgan fingerprint density at radius 2 is 1.93 bits per heavy atom. The van der Waals surface area contributed by atoms with Crippen LogP contribution in [0.2, 0.25) is 0 Å². The molecule has 0 spiro atoms. The molecule has 2 aromatic rings. The van der Waals surface area contributed by atoms with E-state index in [0.717, 1.165) is 18.6 Å². The zero-order chi connectivity index (χ0) is 20.5. The standard InChI is InChI=1S/C20H27N5O4/c1-3-4-11-29-16-7-5-15(6-8-16)18(26)21-14-17-22-19(24-20(23-17)27-2)25-9-12-28-13-10-25/h5-8H,3-4,9-14H2,1-2H3,(H,21,26). The second-order valence-corrected chi connectivity index (χ2v) is 6.55. The van der Waals surface area contributed by atoms with Crippen LogP contribution in [0.3, 0.4) is 0 Å². The lowest BCUT2D eigenvalue weighted by Crippen LogP contribution is -2.37. The third-order valence-corrected chi connectivity index (χ3v) is 4.42. The van der Waals surface area contributed by atoms with Crippen molar-refractivity contribution in [3.05, 3.63) is 35.7 Å². The van der Waals surface area contributed by atoms with Crippen molar-refractivity contribution in [2.45, 2.75) is 26.3 Å². The van der Waals surface area contributed by atoms with Gasteiger partial charge >= 0.3 is 6.01 Å². The number of unbranched alkanes of at least 4 members (excludes halogenated alkanes) is 1. The Morgan fingerprint density at radius 1 is 1.17 bits per heavy atom. The smallest absolute Gasteiger partial charge is 0.321 e. The van der Waals surface area contributed by atoms with E-state index in [1.807, 2.05) is 4.90 Å². The molecule has 156 valence electrons. The van der Waals surface area contributed by atoms with Crippen molar-refractivity contribution in [3.8, 4) is 11.8 Å². The number of amides is 1. The third-order valence-electron chi connectivity index (χ3n) is 4.42. The third kappa shape index (κ3) is 6.02. The van der Waals surface area contributed by atoms with Gasteiger partial charge in [0.2, 0.25) is 5.95 Å². The number of carbonyl (C=O) groups is 1. The van der Waals surface area contributed by atoms with E-state index in [1.165, 1.54) is 7.11 Å². The second kappa shape index (κ2) is 10.6. The lowest BCUT2D eigenvalue weighted by molar-refractivity contribution is 0.0949. The van der Waals surface area contributed by atoms with Gasteiger partial charge in [0.05, 0.1) is 33.5 Å². The molecule has 1 fully saturated rings. The maximum Gasteiger partial charge on any atom is 0.321 e. The number of carbonyl (C=O) groups excluding carboxylic acids is 1. The van der Waals surface area contributed by atoms with E-state index in [9.17, 15) is 4.79 Å². The molecule has 0 radical (unpaired) electrons. The van der Waals surface area contributed by atoms with Gasteiger partial charge in [-0.15, -0.1) is 0 Å². The van der Waals surface area contributed by atoms with Gasteiger partial charge < -0.3 is 24.4 Å². The molecule has 29 heavy (non-hydrogen) atoms. The molecule has 1 saturated heterocycles. The molecule has 9 heteroatoms. The number of benzene rings is 1. The van der Waals surface area contributed by atoms with Crippen LogP contribution in [0.1, 0.15) is 35.9 Å². The number of rotatable bonds is 9. The monoisotopic (exact) mass is 401 g/mol. The summed E-state index contributed by atoms with van der Waals surface area (Å²) in [6.07, 6.45) is 2.08. The number of aromatic nitrogens is 3. The minimum Gasteiger partial charge on any atom is -0.494 e. The van der Waals surface area contributed by atoms with Crippen LogP contribution in [0.15, 0.2) is 24.3 Å². The molecule has 3 rings (SSSR count). The molecule has 1 aromatic heterocycles. The fraction of sp³-hybridized carbons (Fsp3) is 0.500. The van der Waals surface area contributed by atoms with Gasteiger partial charge in [0.15, 0.2) is 5.82 Å². The van der Waals surface area contributed by atoms with Crippen molar-refractivity contribution in [1.29, 1.82) is 0 Å². The topological polar surface area (TPSA) is 98.7 Å². The summed E-state index contributed by atoms with van der Waals surface area (Å²) in [6.45, 7) is 5.61. The van der Waals surface area contributed by atoms with Crippen LogP contribution in [0.25, 0.3) is 0 Å². The van der Waals surface area contributed by atoms with Crippen molar-refractivity contribution < 1.29 is 19.0 Å². The summed E-state index contributed by atoms with van der Waals surface area (Å²) in [5, 5.41) is 2.84. The predicted molar refractivity (Wildman–Crippen MR) is 107 cm³/mol. The number of nitrogens with zero attached hydrogens (tertiary/aromatic N) is 4. The minimum atomic E-state index is -0.211. The van der Waals surface area contributed by atoms with Crippen molar-refractivity contribution in [1.82, 2.24) is 20.3 Å². The summed E-state index contributed by atoms with van der Waals surface area (Å²) in [5.41, 5.74) is 0.544. The maximum atomic E-state index is 12.4. The first-order valence-corrected chi connectivity index (χ1v) is 9.82. The van der Waals surface area contributed by atoms with Crippen molar-refractivity contribution in [2.75, 3.05) is 44.9 Å². The number of hydrogen-bond acceptors (Lipinski definition) is 8. The molecule has 0 atom stereocenters. The summed E-state index contributed by atoms with van der Waals surface area (Å²) in [6, 6.07) is 7.30. The zero-order valence-corrected chi connectivity index (χ0v) is 16.9. The van der Waals surface area contributed by atoms with Gasteiger partial charge in [0, 0.05) is 18.7 Å². The molecule has 0 unspecified atom stereocenters. The molecule has 9 nitrogen and oxygen atoms in total. The molecule has 1 amide bonds. The van der Waals surface area contributed by atoms with Crippen LogP contribution in [-0.2, 0) is 11.3 Å². The fourth-order valence-corrected chi connectivity index (χ4v) is 2.76. The van der Waals surface area contributed by atoms with Gasteiger partial charge in [-0.05, 0) is 30.7 Å². The molecule has 0 aliphatic carbocycles. The van der Waals surface area contributed by atoms with E-state index in [4.69, 9.17) is 14.2 Å². The Labute approximate surface area is 170 Å². The average Bonchev–Trinajstić information content (AvgIpc) is 2.78. The van der Waals surface area contributed by atoms with Crippen LogP contribution < -0.4 is 19.7 Å². The predicted octanol–water partition coefficient (Wildman–Crippen LogP) is 1.83. The van der Waals surface area contributed by atoms with Crippen LogP contribution in [-0.4, -0.2) is 60.9 Å². The van der Waals surface area contributed by atoms with Crippen molar-refractivity contribution in [3.63, 3.8) is 0 Å². The Balaban J connectivity index is 1.60. The summed E-state index contributed by atoms with van der Waals surface area (Å²) in [7, 11) is 1.50. The molecule has 0 saturated carbocycles. The van der Waals surface area contributed by atoms with Crippen LogP contribution in [0, 0.1) is 0 Å². The molecular weight excluding hydrogens is 374 g/mol. The Kier molecular flexibility index (Phi) is 7.57. The summed E-state index contributed by atoms with van der Waals surface area (Å²) >= 11 is 0. The van der Waals surface area contributed by atoms with Crippen molar-refractivity contribution >= 4 is 11.9 Å². The molecule has 0 bridgehead atoms. The zero-order valence-electron chi connectivity index (χ0n) is 16.9. The molecular formula is C20H27N5O4. The summed E-state index contributed by atoms with van der Waals surface area (Å²) in [5.74, 6) is 1.51. The molecule has 1 aliphatic heterocycles. The highest BCUT2D eigenvalue weighted by Crippen LogP contribution is 2.15. The average molecular weight is 401 g/mol. The molecule has 1 N–H and O–H groups in total. The number of hydrogen-bond donors (Lipinski definition) is 1. The largest absolute Gasteiger partial charge is 0.494 e. The van der Waals surface area contributed by atoms with Crippen LogP contribution in [0.5, 0.6) is 11.8 Å². The second-order valence-electron chi connectivity index (χ2n) is 6.55. The lowest BCUT2D eigenvalue weighted by Gasteiger charge is -2.26. The van der Waals surface area contributed by atoms with Crippen LogP contribution >= 0.6 is 0 Å². The number of nitrogens with one attached hydrogen (secondary N) is 1. The van der Waals surface area contributed by atoms with Gasteiger partial charge in [0.1, 0.15) is 5.75 Å². The highest BCUT2D eigenvalue weighted by molar-refractivity contribution is 5.94. The number of methoxy groups -OCH3 is 1. The minimum absolute atomic E-state index is 0.170. The van der Waals surface area contributed by atoms with Gasteiger partial charge in [-0.3, -0.25) is 4.79 Å².